The molecule has 1 N–H and O–H groups in total. The quantitative estimate of drug-likeness (QED) is 0.921. The van der Waals surface area contributed by atoms with Crippen LogP contribution in [0.15, 0.2) is 42.5 Å². The molecule has 0 fully saturated rings. The van der Waals surface area contributed by atoms with Gasteiger partial charge in [0, 0.05) is 11.1 Å². The highest BCUT2D eigenvalue weighted by Gasteiger charge is 2.05. The first-order valence-electron chi connectivity index (χ1n) is 5.23. The number of pyridine rings is 1. The summed E-state index contributed by atoms with van der Waals surface area (Å²) in [4.78, 5) is 14.6. The fourth-order valence-corrected chi connectivity index (χ4v) is 1.48. The van der Waals surface area contributed by atoms with E-state index in [4.69, 9.17) is 21.4 Å². The Morgan fingerprint density at radius 2 is 1.94 bits per heavy atom. The number of carboxylic acid groups (broad SMARTS) is 1. The van der Waals surface area contributed by atoms with Crippen LogP contribution in [0, 0.1) is 0 Å². The van der Waals surface area contributed by atoms with Crippen molar-refractivity contribution in [1.29, 1.82) is 0 Å². The Kier molecular flexibility index (Phi) is 3.79. The number of hydrogen-bond acceptors (Lipinski definition) is 3. The molecule has 1 aromatic carbocycles. The van der Waals surface area contributed by atoms with Gasteiger partial charge in [0.1, 0.15) is 6.61 Å². The molecule has 4 nitrogen and oxygen atoms in total. The Bertz CT molecular complexity index is 554. The number of hydrogen-bond donors (Lipinski definition) is 1. The van der Waals surface area contributed by atoms with Gasteiger partial charge in [0.05, 0.1) is 0 Å². The fraction of sp³-hybridized carbons (Fsp3) is 0.0769. The number of ether oxygens (including phenoxy) is 1. The molecule has 0 amide bonds. The number of benzene rings is 1. The average molecular weight is 264 g/mol. The van der Waals surface area contributed by atoms with Crippen molar-refractivity contribution in [3.05, 3.63) is 58.7 Å². The minimum absolute atomic E-state index is 0.0383. The first kappa shape index (κ1) is 12.4. The maximum Gasteiger partial charge on any atom is 0.354 e. The monoisotopic (exact) mass is 263 g/mol. The van der Waals surface area contributed by atoms with E-state index in [0.717, 1.165) is 5.56 Å². The number of aromatic nitrogens is 1. The first-order valence-corrected chi connectivity index (χ1v) is 5.60. The Morgan fingerprint density at radius 3 is 2.61 bits per heavy atom. The third kappa shape index (κ3) is 3.21. The molecule has 0 spiro atoms. The highest BCUT2D eigenvalue weighted by atomic mass is 35.5. The Labute approximate surface area is 109 Å². The smallest absolute Gasteiger partial charge is 0.354 e. The van der Waals surface area contributed by atoms with E-state index in [1.54, 1.807) is 24.3 Å². The second-order valence-electron chi connectivity index (χ2n) is 3.58. The van der Waals surface area contributed by atoms with Crippen LogP contribution in [-0.4, -0.2) is 16.1 Å². The molecule has 0 bridgehead atoms. The van der Waals surface area contributed by atoms with Gasteiger partial charge in [-0.3, -0.25) is 0 Å². The molecule has 2 aromatic rings. The van der Waals surface area contributed by atoms with E-state index in [1.165, 1.54) is 6.07 Å². The lowest BCUT2D eigenvalue weighted by atomic mass is 10.2. The van der Waals surface area contributed by atoms with Gasteiger partial charge < -0.3 is 9.84 Å². The largest absolute Gasteiger partial charge is 0.477 e. The summed E-state index contributed by atoms with van der Waals surface area (Å²) < 4.78 is 5.41. The number of rotatable bonds is 4. The van der Waals surface area contributed by atoms with Crippen molar-refractivity contribution < 1.29 is 14.6 Å². The van der Waals surface area contributed by atoms with Gasteiger partial charge in [-0.1, -0.05) is 29.8 Å². The summed E-state index contributed by atoms with van der Waals surface area (Å²) in [5.41, 5.74) is 0.894. The van der Waals surface area contributed by atoms with Crippen LogP contribution in [0.4, 0.5) is 0 Å². The lowest BCUT2D eigenvalue weighted by molar-refractivity contribution is 0.0689. The second-order valence-corrected chi connectivity index (χ2v) is 4.02. The zero-order valence-corrected chi connectivity index (χ0v) is 10.1. The van der Waals surface area contributed by atoms with Gasteiger partial charge in [-0.25, -0.2) is 9.78 Å². The number of nitrogens with zero attached hydrogens (tertiary/aromatic N) is 1. The molecule has 0 aliphatic rings. The molecule has 0 saturated heterocycles. The minimum Gasteiger partial charge on any atom is -0.477 e. The number of halogens is 1. The van der Waals surface area contributed by atoms with Gasteiger partial charge in [-0.15, -0.1) is 0 Å². The standard InChI is InChI=1S/C13H10ClNO3/c14-10-6-4-9(5-7-10)8-18-12-3-1-2-11(15-12)13(16)17/h1-7H,8H2,(H,16,17). The van der Waals surface area contributed by atoms with E-state index in [0.29, 0.717) is 11.6 Å². The van der Waals surface area contributed by atoms with Crippen LogP contribution in [0.1, 0.15) is 16.1 Å². The summed E-state index contributed by atoms with van der Waals surface area (Å²) in [5.74, 6) is -0.795. The predicted octanol–water partition coefficient (Wildman–Crippen LogP) is 3.01. The van der Waals surface area contributed by atoms with Crippen LogP contribution >= 0.6 is 11.6 Å². The zero-order chi connectivity index (χ0) is 13.0. The van der Waals surface area contributed by atoms with Gasteiger partial charge >= 0.3 is 5.97 Å². The van der Waals surface area contributed by atoms with Crippen LogP contribution in [0.5, 0.6) is 5.88 Å². The van der Waals surface area contributed by atoms with Crippen LogP contribution in [0.2, 0.25) is 5.02 Å². The second kappa shape index (κ2) is 5.51. The Morgan fingerprint density at radius 1 is 1.22 bits per heavy atom. The summed E-state index contributed by atoms with van der Waals surface area (Å²) >= 11 is 5.77. The zero-order valence-electron chi connectivity index (χ0n) is 9.34. The van der Waals surface area contributed by atoms with Crippen molar-refractivity contribution in [2.24, 2.45) is 0 Å². The summed E-state index contributed by atoms with van der Waals surface area (Å²) in [6, 6.07) is 11.8. The molecule has 0 unspecified atom stereocenters. The molecule has 92 valence electrons. The molecule has 0 atom stereocenters. The predicted molar refractivity (Wildman–Crippen MR) is 67.0 cm³/mol. The molecule has 18 heavy (non-hydrogen) atoms. The number of carboxylic acids is 1. The minimum atomic E-state index is -1.08. The van der Waals surface area contributed by atoms with E-state index in [2.05, 4.69) is 4.98 Å². The number of aromatic carboxylic acids is 1. The molecule has 0 radical (unpaired) electrons. The molecule has 0 aliphatic carbocycles. The van der Waals surface area contributed by atoms with Gasteiger partial charge in [0.15, 0.2) is 5.69 Å². The van der Waals surface area contributed by atoms with Crippen molar-refractivity contribution in [2.45, 2.75) is 6.61 Å². The van der Waals surface area contributed by atoms with Gasteiger partial charge in [-0.05, 0) is 23.8 Å². The third-order valence-corrected chi connectivity index (χ3v) is 2.49. The van der Waals surface area contributed by atoms with E-state index >= 15 is 0 Å². The lowest BCUT2D eigenvalue weighted by Crippen LogP contribution is -2.03. The summed E-state index contributed by atoms with van der Waals surface area (Å²) in [6.07, 6.45) is 0. The lowest BCUT2D eigenvalue weighted by Gasteiger charge is -2.05. The Hall–Kier alpha value is -2.07. The average Bonchev–Trinajstić information content (AvgIpc) is 2.38. The number of carbonyl (C=O) groups is 1. The third-order valence-electron chi connectivity index (χ3n) is 2.24. The van der Waals surface area contributed by atoms with Gasteiger partial charge in [0.2, 0.25) is 5.88 Å². The first-order chi connectivity index (χ1) is 8.65. The molecule has 0 saturated carbocycles. The van der Waals surface area contributed by atoms with Gasteiger partial charge in [-0.2, -0.15) is 0 Å². The van der Waals surface area contributed by atoms with Crippen LogP contribution in [0.25, 0.3) is 0 Å². The van der Waals surface area contributed by atoms with Crippen molar-refractivity contribution in [3.8, 4) is 5.88 Å². The molecular formula is C13H10ClNO3. The van der Waals surface area contributed by atoms with Crippen molar-refractivity contribution in [3.63, 3.8) is 0 Å². The van der Waals surface area contributed by atoms with Crippen LogP contribution < -0.4 is 4.74 Å². The SMILES string of the molecule is O=C(O)c1cccc(OCc2ccc(Cl)cc2)n1. The maximum atomic E-state index is 10.7. The maximum absolute atomic E-state index is 10.7. The highest BCUT2D eigenvalue weighted by molar-refractivity contribution is 6.30. The van der Waals surface area contributed by atoms with E-state index in [-0.39, 0.29) is 11.6 Å². The van der Waals surface area contributed by atoms with Crippen LogP contribution in [0.3, 0.4) is 0 Å². The molecule has 1 heterocycles. The molecular weight excluding hydrogens is 254 g/mol. The normalized spacial score (nSPS) is 10.1. The van der Waals surface area contributed by atoms with E-state index in [9.17, 15) is 4.79 Å². The molecule has 5 heteroatoms. The Balaban J connectivity index is 2.04. The van der Waals surface area contributed by atoms with Crippen molar-refractivity contribution in [1.82, 2.24) is 4.98 Å². The van der Waals surface area contributed by atoms with Gasteiger partial charge in [0.25, 0.3) is 0 Å². The van der Waals surface area contributed by atoms with Crippen molar-refractivity contribution >= 4 is 17.6 Å². The van der Waals surface area contributed by atoms with Crippen molar-refractivity contribution in [2.75, 3.05) is 0 Å². The molecule has 2 rings (SSSR count). The van der Waals surface area contributed by atoms with Crippen LogP contribution in [-0.2, 0) is 6.61 Å². The summed E-state index contributed by atoms with van der Waals surface area (Å²) in [7, 11) is 0. The topological polar surface area (TPSA) is 59.4 Å². The molecule has 1 aromatic heterocycles. The summed E-state index contributed by atoms with van der Waals surface area (Å²) in [5, 5.41) is 9.45. The van der Waals surface area contributed by atoms with E-state index < -0.39 is 5.97 Å². The fourth-order valence-electron chi connectivity index (χ4n) is 1.35. The summed E-state index contributed by atoms with van der Waals surface area (Å²) in [6.45, 7) is 0.313. The molecule has 0 aliphatic heterocycles. The highest BCUT2D eigenvalue weighted by Crippen LogP contribution is 2.13. The van der Waals surface area contributed by atoms with E-state index in [1.807, 2.05) is 12.1 Å².